The molecule has 0 unspecified atom stereocenters. The summed E-state index contributed by atoms with van der Waals surface area (Å²) in [6, 6.07) is 29.6. The molecule has 0 amide bonds. The van der Waals surface area contributed by atoms with Crippen LogP contribution in [0.2, 0.25) is 0 Å². The Morgan fingerprint density at radius 2 is 1.10 bits per heavy atom. The van der Waals surface area contributed by atoms with Crippen LogP contribution in [0, 0.1) is 0 Å². The molecule has 0 saturated heterocycles. The Bertz CT molecular complexity index is 817. The highest BCUT2D eigenvalue weighted by Gasteiger charge is 2.37. The van der Waals surface area contributed by atoms with Crippen molar-refractivity contribution < 1.29 is 9.47 Å². The molecule has 0 bridgehead atoms. The lowest BCUT2D eigenvalue weighted by molar-refractivity contribution is 0.0112. The van der Waals surface area contributed by atoms with Crippen molar-refractivity contribution in [3.8, 4) is 5.75 Å². The molecule has 0 atom stereocenters. The summed E-state index contributed by atoms with van der Waals surface area (Å²) in [6.07, 6.45) is 6.98. The highest BCUT2D eigenvalue weighted by molar-refractivity contribution is 5.48. The molecule has 0 fully saturated rings. The summed E-state index contributed by atoms with van der Waals surface area (Å²) in [4.78, 5) is 0. The molecule has 0 aliphatic rings. The first-order chi connectivity index (χ1) is 15.3. The van der Waals surface area contributed by atoms with Gasteiger partial charge in [0.2, 0.25) is 0 Å². The van der Waals surface area contributed by atoms with E-state index in [1.54, 1.807) is 0 Å². The van der Waals surface area contributed by atoms with Crippen LogP contribution >= 0.6 is 0 Å². The molecule has 3 aromatic rings. The van der Waals surface area contributed by atoms with Gasteiger partial charge in [-0.3, -0.25) is 0 Å². The molecule has 2 heteroatoms. The maximum absolute atomic E-state index is 6.75. The Labute approximate surface area is 188 Å². The van der Waals surface area contributed by atoms with E-state index in [4.69, 9.17) is 9.47 Å². The Balaban J connectivity index is 1.94. The SMILES string of the molecule is CCCCCCOc1ccc(C(OCCCC)(c2ccccc2)c2ccccc2)cc1. The van der Waals surface area contributed by atoms with Gasteiger partial charge in [-0.25, -0.2) is 0 Å². The lowest BCUT2D eigenvalue weighted by atomic mass is 9.80. The molecule has 0 aliphatic heterocycles. The molecule has 3 rings (SSSR count). The smallest absolute Gasteiger partial charge is 0.143 e. The van der Waals surface area contributed by atoms with E-state index in [1.165, 1.54) is 19.3 Å². The summed E-state index contributed by atoms with van der Waals surface area (Å²) in [7, 11) is 0. The van der Waals surface area contributed by atoms with E-state index in [0.29, 0.717) is 6.61 Å². The predicted octanol–water partition coefficient (Wildman–Crippen LogP) is 7.75. The van der Waals surface area contributed by atoms with Crippen LogP contribution in [0.1, 0.15) is 69.1 Å². The molecule has 0 aliphatic carbocycles. The van der Waals surface area contributed by atoms with Gasteiger partial charge in [0.15, 0.2) is 0 Å². The van der Waals surface area contributed by atoms with Crippen molar-refractivity contribution in [2.75, 3.05) is 13.2 Å². The molecule has 3 aromatic carbocycles. The highest BCUT2D eigenvalue weighted by atomic mass is 16.5. The van der Waals surface area contributed by atoms with Gasteiger partial charge in [0, 0.05) is 6.61 Å². The fraction of sp³-hybridized carbons (Fsp3) is 0.379. The van der Waals surface area contributed by atoms with E-state index in [-0.39, 0.29) is 0 Å². The number of unbranched alkanes of at least 4 members (excludes halogenated alkanes) is 4. The van der Waals surface area contributed by atoms with Gasteiger partial charge in [0.1, 0.15) is 11.4 Å². The largest absolute Gasteiger partial charge is 0.494 e. The topological polar surface area (TPSA) is 18.5 Å². The maximum Gasteiger partial charge on any atom is 0.143 e. The van der Waals surface area contributed by atoms with Gasteiger partial charge in [0.05, 0.1) is 6.61 Å². The van der Waals surface area contributed by atoms with Crippen LogP contribution in [-0.4, -0.2) is 13.2 Å². The van der Waals surface area contributed by atoms with E-state index >= 15 is 0 Å². The predicted molar refractivity (Wildman–Crippen MR) is 130 cm³/mol. The number of rotatable bonds is 13. The summed E-state index contributed by atoms with van der Waals surface area (Å²) in [5.41, 5.74) is 2.77. The Morgan fingerprint density at radius 1 is 0.548 bits per heavy atom. The summed E-state index contributed by atoms with van der Waals surface area (Å²) in [5.74, 6) is 0.920. The van der Waals surface area contributed by atoms with Crippen LogP contribution in [0.3, 0.4) is 0 Å². The van der Waals surface area contributed by atoms with Crippen molar-refractivity contribution in [3.05, 3.63) is 102 Å². The van der Waals surface area contributed by atoms with Crippen LogP contribution in [0.4, 0.5) is 0 Å². The van der Waals surface area contributed by atoms with Gasteiger partial charge >= 0.3 is 0 Å². The van der Waals surface area contributed by atoms with Crippen molar-refractivity contribution in [2.24, 2.45) is 0 Å². The molecule has 31 heavy (non-hydrogen) atoms. The Morgan fingerprint density at radius 3 is 1.65 bits per heavy atom. The van der Waals surface area contributed by atoms with E-state index in [9.17, 15) is 0 Å². The molecule has 2 nitrogen and oxygen atoms in total. The Hall–Kier alpha value is -2.58. The highest BCUT2D eigenvalue weighted by Crippen LogP contribution is 2.41. The molecule has 0 aromatic heterocycles. The molecular weight excluding hydrogens is 380 g/mol. The second kappa shape index (κ2) is 12.3. The van der Waals surface area contributed by atoms with Crippen LogP contribution in [0.5, 0.6) is 5.75 Å². The summed E-state index contributed by atoms with van der Waals surface area (Å²) >= 11 is 0. The minimum absolute atomic E-state index is 0.642. The number of hydrogen-bond acceptors (Lipinski definition) is 2. The van der Waals surface area contributed by atoms with Gasteiger partial charge < -0.3 is 9.47 Å². The first-order valence-corrected chi connectivity index (χ1v) is 11.8. The van der Waals surface area contributed by atoms with Crippen LogP contribution in [0.15, 0.2) is 84.9 Å². The lowest BCUT2D eigenvalue weighted by Crippen LogP contribution is -2.33. The van der Waals surface area contributed by atoms with Gasteiger partial charge in [-0.2, -0.15) is 0 Å². The second-order valence-corrected chi connectivity index (χ2v) is 8.05. The fourth-order valence-corrected chi connectivity index (χ4v) is 3.97. The van der Waals surface area contributed by atoms with E-state index in [2.05, 4.69) is 98.8 Å². The number of benzene rings is 3. The zero-order valence-corrected chi connectivity index (χ0v) is 19.1. The van der Waals surface area contributed by atoms with Crippen molar-refractivity contribution in [3.63, 3.8) is 0 Å². The van der Waals surface area contributed by atoms with Gasteiger partial charge in [-0.1, -0.05) is 112 Å². The third-order valence-electron chi connectivity index (χ3n) is 5.70. The molecular formula is C29H36O2. The zero-order chi connectivity index (χ0) is 21.8. The number of ether oxygens (including phenoxy) is 2. The van der Waals surface area contributed by atoms with Crippen LogP contribution in [-0.2, 0) is 10.3 Å². The quantitative estimate of drug-likeness (QED) is 0.209. The van der Waals surface area contributed by atoms with E-state index < -0.39 is 5.60 Å². The van der Waals surface area contributed by atoms with Crippen LogP contribution in [0.25, 0.3) is 0 Å². The molecule has 0 heterocycles. The molecule has 0 spiro atoms. The summed E-state index contributed by atoms with van der Waals surface area (Å²) in [6.45, 7) is 5.90. The molecule has 0 radical (unpaired) electrons. The number of hydrogen-bond donors (Lipinski definition) is 0. The third-order valence-corrected chi connectivity index (χ3v) is 5.70. The lowest BCUT2D eigenvalue weighted by Gasteiger charge is -2.36. The second-order valence-electron chi connectivity index (χ2n) is 8.05. The molecule has 0 N–H and O–H groups in total. The molecule has 164 valence electrons. The minimum Gasteiger partial charge on any atom is -0.494 e. The monoisotopic (exact) mass is 416 g/mol. The van der Waals surface area contributed by atoms with Crippen molar-refractivity contribution in [1.82, 2.24) is 0 Å². The fourth-order valence-electron chi connectivity index (χ4n) is 3.97. The van der Waals surface area contributed by atoms with E-state index in [0.717, 1.165) is 48.3 Å². The average Bonchev–Trinajstić information content (AvgIpc) is 2.84. The van der Waals surface area contributed by atoms with E-state index in [1.807, 2.05) is 0 Å². The van der Waals surface area contributed by atoms with Crippen molar-refractivity contribution in [1.29, 1.82) is 0 Å². The first-order valence-electron chi connectivity index (χ1n) is 11.8. The van der Waals surface area contributed by atoms with Gasteiger partial charge in [-0.05, 0) is 41.7 Å². The standard InChI is InChI=1S/C29H36O2/c1-3-5-7-14-23-30-28-21-19-27(20-22-28)29(31-24-6-4-2,25-15-10-8-11-16-25)26-17-12-9-13-18-26/h8-13,15-22H,3-7,14,23-24H2,1-2H3. The summed E-state index contributed by atoms with van der Waals surface area (Å²) < 4.78 is 12.7. The normalized spacial score (nSPS) is 11.4. The molecule has 0 saturated carbocycles. The first kappa shape index (κ1) is 23.1. The summed E-state index contributed by atoms with van der Waals surface area (Å²) in [5, 5.41) is 0. The van der Waals surface area contributed by atoms with Crippen LogP contribution < -0.4 is 4.74 Å². The minimum atomic E-state index is -0.642. The Kier molecular flexibility index (Phi) is 9.17. The average molecular weight is 417 g/mol. The van der Waals surface area contributed by atoms with Crippen molar-refractivity contribution >= 4 is 0 Å². The van der Waals surface area contributed by atoms with Crippen molar-refractivity contribution in [2.45, 2.75) is 58.0 Å². The van der Waals surface area contributed by atoms with Gasteiger partial charge in [0.25, 0.3) is 0 Å². The maximum atomic E-state index is 6.75. The van der Waals surface area contributed by atoms with Gasteiger partial charge in [-0.15, -0.1) is 0 Å². The third kappa shape index (κ3) is 5.98. The zero-order valence-electron chi connectivity index (χ0n) is 19.1.